The number of hydrogen-bond donors (Lipinski definition) is 1. The smallest absolute Gasteiger partial charge is 0.335 e. The average molecular weight is 360 g/mol. The minimum Gasteiger partial charge on any atom is -0.478 e. The van der Waals surface area contributed by atoms with Crippen molar-refractivity contribution >= 4 is 23.3 Å². The van der Waals surface area contributed by atoms with Gasteiger partial charge in [0.05, 0.1) is 22.1 Å². The third-order valence-electron chi connectivity index (χ3n) is 3.84. The first-order chi connectivity index (χ1) is 13.0. The predicted molar refractivity (Wildman–Crippen MR) is 97.7 cm³/mol. The molecule has 7 heteroatoms. The molecule has 2 aromatic carbocycles. The van der Waals surface area contributed by atoms with E-state index in [1.165, 1.54) is 24.3 Å². The maximum atomic E-state index is 10.9. The lowest BCUT2D eigenvalue weighted by atomic mass is 10.0. The van der Waals surface area contributed by atoms with Crippen LogP contribution in [0.15, 0.2) is 65.1 Å². The summed E-state index contributed by atoms with van der Waals surface area (Å²) in [7, 11) is 0. The number of carbonyl (C=O) groups is 1. The third kappa shape index (κ3) is 3.91. The van der Waals surface area contributed by atoms with Crippen LogP contribution < -0.4 is 0 Å². The maximum absolute atomic E-state index is 10.9. The molecular weight excluding hydrogens is 348 g/mol. The van der Waals surface area contributed by atoms with Crippen molar-refractivity contribution in [2.75, 3.05) is 0 Å². The lowest BCUT2D eigenvalue weighted by Crippen LogP contribution is -1.95. The highest BCUT2D eigenvalue weighted by Crippen LogP contribution is 2.26. The van der Waals surface area contributed by atoms with Gasteiger partial charge in [0.2, 0.25) is 0 Å². The average Bonchev–Trinajstić information content (AvgIpc) is 3.15. The fraction of sp³-hybridized carbons (Fsp3) is 0. The van der Waals surface area contributed by atoms with Gasteiger partial charge < -0.3 is 9.52 Å². The molecule has 0 saturated carbocycles. The van der Waals surface area contributed by atoms with Crippen molar-refractivity contribution in [3.05, 3.63) is 87.7 Å². The number of carboxylic acids is 1. The Balaban J connectivity index is 1.87. The molecule has 0 amide bonds. The first kappa shape index (κ1) is 17.6. The Morgan fingerprint density at radius 3 is 2.22 bits per heavy atom. The second-order valence-electron chi connectivity index (χ2n) is 5.56. The van der Waals surface area contributed by atoms with Gasteiger partial charge in [-0.05, 0) is 48.0 Å². The number of rotatable bonds is 5. The summed E-state index contributed by atoms with van der Waals surface area (Å²) in [6, 6.07) is 17.3. The van der Waals surface area contributed by atoms with Crippen molar-refractivity contribution < 1.29 is 19.2 Å². The number of nitro groups is 1. The largest absolute Gasteiger partial charge is 0.478 e. The van der Waals surface area contributed by atoms with E-state index in [0.717, 1.165) is 0 Å². The van der Waals surface area contributed by atoms with Crippen LogP contribution in [0.25, 0.3) is 23.0 Å². The number of non-ortho nitro benzene ring substituents is 1. The van der Waals surface area contributed by atoms with E-state index < -0.39 is 10.9 Å². The quantitative estimate of drug-likeness (QED) is 0.403. The zero-order valence-corrected chi connectivity index (χ0v) is 13.8. The van der Waals surface area contributed by atoms with Gasteiger partial charge in [0.15, 0.2) is 0 Å². The SMILES string of the molecule is N#C/C(=C\c1ccc(-c2ccc([N+](=O)[O-])cc2)o1)c1ccc(C(=O)O)cc1. The molecule has 0 unspecified atom stereocenters. The normalized spacial score (nSPS) is 11.0. The van der Waals surface area contributed by atoms with Gasteiger partial charge in [-0.15, -0.1) is 0 Å². The molecule has 0 atom stereocenters. The van der Waals surface area contributed by atoms with E-state index in [0.29, 0.717) is 28.2 Å². The van der Waals surface area contributed by atoms with Gasteiger partial charge in [-0.3, -0.25) is 10.1 Å². The van der Waals surface area contributed by atoms with E-state index in [2.05, 4.69) is 6.07 Å². The Kier molecular flexibility index (Phi) is 4.82. The van der Waals surface area contributed by atoms with Crippen molar-refractivity contribution in [1.29, 1.82) is 5.26 Å². The second kappa shape index (κ2) is 7.37. The fourth-order valence-electron chi connectivity index (χ4n) is 2.45. The van der Waals surface area contributed by atoms with Crippen LogP contribution in [0.5, 0.6) is 0 Å². The van der Waals surface area contributed by atoms with Crippen molar-refractivity contribution in [2.45, 2.75) is 0 Å². The van der Waals surface area contributed by atoms with Crippen molar-refractivity contribution in [1.82, 2.24) is 0 Å². The summed E-state index contributed by atoms with van der Waals surface area (Å²) in [6.45, 7) is 0. The Labute approximate surface area is 153 Å². The maximum Gasteiger partial charge on any atom is 0.335 e. The summed E-state index contributed by atoms with van der Waals surface area (Å²) in [4.78, 5) is 21.1. The molecule has 0 fully saturated rings. The number of furan rings is 1. The molecule has 0 aliphatic heterocycles. The second-order valence-corrected chi connectivity index (χ2v) is 5.56. The summed E-state index contributed by atoms with van der Waals surface area (Å²) < 4.78 is 5.69. The van der Waals surface area contributed by atoms with Crippen LogP contribution in [0.1, 0.15) is 21.7 Å². The van der Waals surface area contributed by atoms with E-state index in [1.54, 1.807) is 42.5 Å². The van der Waals surface area contributed by atoms with Gasteiger partial charge in [-0.25, -0.2) is 4.79 Å². The lowest BCUT2D eigenvalue weighted by molar-refractivity contribution is -0.384. The van der Waals surface area contributed by atoms with Crippen molar-refractivity contribution in [2.24, 2.45) is 0 Å². The zero-order valence-electron chi connectivity index (χ0n) is 13.8. The van der Waals surface area contributed by atoms with Gasteiger partial charge in [-0.1, -0.05) is 12.1 Å². The molecule has 0 radical (unpaired) electrons. The molecular formula is C20H12N2O5. The van der Waals surface area contributed by atoms with Crippen LogP contribution in [-0.2, 0) is 0 Å². The standard InChI is InChI=1S/C20H12N2O5/c21-12-16(13-1-3-15(4-2-13)20(23)24)11-18-9-10-19(27-18)14-5-7-17(8-6-14)22(25)26/h1-11H,(H,23,24)/b16-11+. The van der Waals surface area contributed by atoms with Crippen LogP contribution >= 0.6 is 0 Å². The molecule has 3 rings (SSSR count). The Morgan fingerprint density at radius 2 is 1.67 bits per heavy atom. The number of allylic oxidation sites excluding steroid dienone is 1. The topological polar surface area (TPSA) is 117 Å². The molecule has 0 spiro atoms. The molecule has 1 heterocycles. The monoisotopic (exact) mass is 360 g/mol. The van der Waals surface area contributed by atoms with E-state index in [-0.39, 0.29) is 11.3 Å². The van der Waals surface area contributed by atoms with E-state index in [9.17, 15) is 20.2 Å². The van der Waals surface area contributed by atoms with Crippen LogP contribution in [0.2, 0.25) is 0 Å². The van der Waals surface area contributed by atoms with Gasteiger partial charge >= 0.3 is 5.97 Å². The van der Waals surface area contributed by atoms with E-state index in [4.69, 9.17) is 9.52 Å². The zero-order chi connectivity index (χ0) is 19.4. The summed E-state index contributed by atoms with van der Waals surface area (Å²) in [6.07, 6.45) is 1.55. The van der Waals surface area contributed by atoms with Crippen LogP contribution in [0.4, 0.5) is 5.69 Å². The molecule has 0 aliphatic carbocycles. The molecule has 3 aromatic rings. The molecule has 132 valence electrons. The molecule has 0 bridgehead atoms. The minimum absolute atomic E-state index is 0.0120. The first-order valence-electron chi connectivity index (χ1n) is 7.78. The number of benzene rings is 2. The van der Waals surface area contributed by atoms with Crippen LogP contribution in [-0.4, -0.2) is 16.0 Å². The highest BCUT2D eigenvalue weighted by atomic mass is 16.6. The number of nitro benzene ring substituents is 1. The first-order valence-corrected chi connectivity index (χ1v) is 7.78. The van der Waals surface area contributed by atoms with E-state index in [1.807, 2.05) is 0 Å². The summed E-state index contributed by atoms with van der Waals surface area (Å²) in [5.74, 6) is -0.0975. The number of aromatic carboxylic acids is 1. The van der Waals surface area contributed by atoms with Gasteiger partial charge in [0.25, 0.3) is 5.69 Å². The van der Waals surface area contributed by atoms with Crippen molar-refractivity contribution in [3.8, 4) is 17.4 Å². The Hall–Kier alpha value is -4.18. The summed E-state index contributed by atoms with van der Waals surface area (Å²) in [5.41, 5.74) is 1.67. The van der Waals surface area contributed by atoms with Gasteiger partial charge in [-0.2, -0.15) is 5.26 Å². The third-order valence-corrected chi connectivity index (χ3v) is 3.84. The summed E-state index contributed by atoms with van der Waals surface area (Å²) in [5, 5.41) is 29.0. The lowest BCUT2D eigenvalue weighted by Gasteiger charge is -2.00. The summed E-state index contributed by atoms with van der Waals surface area (Å²) >= 11 is 0. The number of nitrogens with zero attached hydrogens (tertiary/aromatic N) is 2. The Bertz CT molecular complexity index is 1070. The minimum atomic E-state index is -1.04. The molecule has 7 nitrogen and oxygen atoms in total. The highest BCUT2D eigenvalue weighted by Gasteiger charge is 2.09. The number of hydrogen-bond acceptors (Lipinski definition) is 5. The van der Waals surface area contributed by atoms with Crippen molar-refractivity contribution in [3.63, 3.8) is 0 Å². The molecule has 27 heavy (non-hydrogen) atoms. The highest BCUT2D eigenvalue weighted by molar-refractivity contribution is 5.91. The predicted octanol–water partition coefficient (Wildman–Crippen LogP) is 4.62. The molecule has 1 N–H and O–H groups in total. The molecule has 1 aromatic heterocycles. The van der Waals surface area contributed by atoms with Gasteiger partial charge in [0, 0.05) is 17.7 Å². The number of carboxylic acid groups (broad SMARTS) is 1. The van der Waals surface area contributed by atoms with Crippen LogP contribution in [0, 0.1) is 21.4 Å². The van der Waals surface area contributed by atoms with Crippen LogP contribution in [0.3, 0.4) is 0 Å². The van der Waals surface area contributed by atoms with Gasteiger partial charge in [0.1, 0.15) is 11.5 Å². The Morgan fingerprint density at radius 1 is 1.04 bits per heavy atom. The fourth-order valence-corrected chi connectivity index (χ4v) is 2.45. The molecule has 0 saturated heterocycles. The van der Waals surface area contributed by atoms with E-state index >= 15 is 0 Å². The molecule has 0 aliphatic rings. The number of nitriles is 1.